The second-order valence-electron chi connectivity index (χ2n) is 2.39. The van der Waals surface area contributed by atoms with Gasteiger partial charge < -0.3 is 4.74 Å². The molecule has 0 unspecified atom stereocenters. The van der Waals surface area contributed by atoms with Crippen LogP contribution in [0.2, 0.25) is 0 Å². The van der Waals surface area contributed by atoms with Crippen molar-refractivity contribution in [2.45, 2.75) is 0 Å². The van der Waals surface area contributed by atoms with E-state index in [0.29, 0.717) is 20.1 Å². The van der Waals surface area contributed by atoms with E-state index in [4.69, 9.17) is 5.26 Å². The fourth-order valence-electron chi connectivity index (χ4n) is 0.903. The Morgan fingerprint density at radius 3 is 2.57 bits per heavy atom. The smallest absolute Gasteiger partial charge is 0.339 e. The lowest BCUT2D eigenvalue weighted by atomic mass is 10.1. The van der Waals surface area contributed by atoms with Crippen LogP contribution >= 0.6 is 31.9 Å². The number of halogens is 2. The number of methoxy groups -OCH3 is 1. The Balaban J connectivity index is 3.33. The van der Waals surface area contributed by atoms with Crippen LogP contribution in [0.3, 0.4) is 0 Å². The number of nitrogens with zero attached hydrogens (tertiary/aromatic N) is 1. The van der Waals surface area contributed by atoms with Gasteiger partial charge in [-0.05, 0) is 44.0 Å². The molecule has 0 heterocycles. The Bertz CT molecular complexity index is 424. The van der Waals surface area contributed by atoms with E-state index in [1.165, 1.54) is 7.11 Å². The maximum absolute atomic E-state index is 11.2. The minimum Gasteiger partial charge on any atom is -0.465 e. The summed E-state index contributed by atoms with van der Waals surface area (Å²) in [7, 11) is 1.31. The van der Waals surface area contributed by atoms with Crippen LogP contribution in [-0.2, 0) is 4.74 Å². The number of nitriles is 1. The fraction of sp³-hybridized carbons (Fsp3) is 0.111. The third kappa shape index (κ3) is 1.97. The van der Waals surface area contributed by atoms with Gasteiger partial charge in [-0.2, -0.15) is 5.26 Å². The van der Waals surface area contributed by atoms with E-state index in [1.807, 2.05) is 6.07 Å². The van der Waals surface area contributed by atoms with Gasteiger partial charge in [-0.15, -0.1) is 0 Å². The molecule has 0 saturated carbocycles. The van der Waals surface area contributed by atoms with Crippen molar-refractivity contribution in [3.05, 3.63) is 32.2 Å². The van der Waals surface area contributed by atoms with Gasteiger partial charge in [-0.3, -0.25) is 0 Å². The van der Waals surface area contributed by atoms with Gasteiger partial charge in [0.15, 0.2) is 0 Å². The maximum Gasteiger partial charge on any atom is 0.339 e. The molecule has 1 rings (SSSR count). The van der Waals surface area contributed by atoms with Crippen LogP contribution in [0.25, 0.3) is 0 Å². The van der Waals surface area contributed by atoms with Crippen LogP contribution < -0.4 is 0 Å². The standard InChI is InChI=1S/C9H5Br2NO2/c1-14-9(13)6-3-2-5(4-12)7(10)8(6)11/h2-3H,1H3. The van der Waals surface area contributed by atoms with Gasteiger partial charge in [0.2, 0.25) is 0 Å². The zero-order chi connectivity index (χ0) is 10.7. The van der Waals surface area contributed by atoms with Gasteiger partial charge in [0.05, 0.1) is 22.7 Å². The SMILES string of the molecule is COC(=O)c1ccc(C#N)c(Br)c1Br. The lowest BCUT2D eigenvalue weighted by Crippen LogP contribution is -2.02. The van der Waals surface area contributed by atoms with E-state index in [2.05, 4.69) is 36.6 Å². The molecule has 0 aliphatic heterocycles. The van der Waals surface area contributed by atoms with Crippen molar-refractivity contribution in [3.8, 4) is 6.07 Å². The summed E-state index contributed by atoms with van der Waals surface area (Å²) < 4.78 is 5.66. The monoisotopic (exact) mass is 317 g/mol. The van der Waals surface area contributed by atoms with Crippen LogP contribution in [0.4, 0.5) is 0 Å². The maximum atomic E-state index is 11.2. The third-order valence-electron chi connectivity index (χ3n) is 1.61. The number of rotatable bonds is 1. The molecule has 0 amide bonds. The first-order valence-electron chi connectivity index (χ1n) is 3.58. The largest absolute Gasteiger partial charge is 0.465 e. The summed E-state index contributed by atoms with van der Waals surface area (Å²) in [5, 5.41) is 8.71. The summed E-state index contributed by atoms with van der Waals surface area (Å²) in [6.07, 6.45) is 0. The Hall–Kier alpha value is -0.860. The van der Waals surface area contributed by atoms with Gasteiger partial charge in [0.1, 0.15) is 6.07 Å². The molecule has 1 aromatic rings. The highest BCUT2D eigenvalue weighted by atomic mass is 79.9. The first-order chi connectivity index (χ1) is 6.61. The highest BCUT2D eigenvalue weighted by Gasteiger charge is 2.14. The van der Waals surface area contributed by atoms with Gasteiger partial charge in [-0.25, -0.2) is 4.79 Å². The van der Waals surface area contributed by atoms with Crippen molar-refractivity contribution in [2.24, 2.45) is 0 Å². The summed E-state index contributed by atoms with van der Waals surface area (Å²) in [5.74, 6) is -0.443. The fourth-order valence-corrected chi connectivity index (χ4v) is 1.85. The molecule has 0 radical (unpaired) electrons. The Labute approximate surface area is 97.9 Å². The number of hydrogen-bond donors (Lipinski definition) is 0. The predicted molar refractivity (Wildman–Crippen MR) is 57.9 cm³/mol. The van der Waals surface area contributed by atoms with E-state index in [1.54, 1.807) is 12.1 Å². The second-order valence-corrected chi connectivity index (χ2v) is 3.98. The van der Waals surface area contributed by atoms with E-state index < -0.39 is 5.97 Å². The van der Waals surface area contributed by atoms with E-state index >= 15 is 0 Å². The average molecular weight is 319 g/mol. The van der Waals surface area contributed by atoms with Crippen LogP contribution in [0.15, 0.2) is 21.1 Å². The Kier molecular flexibility index (Phi) is 3.67. The zero-order valence-electron chi connectivity index (χ0n) is 7.17. The molecule has 14 heavy (non-hydrogen) atoms. The third-order valence-corrected chi connectivity index (χ3v) is 3.79. The van der Waals surface area contributed by atoms with Gasteiger partial charge >= 0.3 is 5.97 Å². The molecule has 0 bridgehead atoms. The molecule has 0 aromatic heterocycles. The van der Waals surface area contributed by atoms with Crippen molar-refractivity contribution >= 4 is 37.8 Å². The minimum absolute atomic E-state index is 0.387. The van der Waals surface area contributed by atoms with Crippen molar-refractivity contribution in [1.29, 1.82) is 5.26 Å². The number of esters is 1. The number of hydrogen-bond acceptors (Lipinski definition) is 3. The molecule has 3 nitrogen and oxygen atoms in total. The van der Waals surface area contributed by atoms with E-state index in [0.717, 1.165) is 0 Å². The van der Waals surface area contributed by atoms with Crippen molar-refractivity contribution in [2.75, 3.05) is 7.11 Å². The highest BCUT2D eigenvalue weighted by Crippen LogP contribution is 2.30. The summed E-state index contributed by atoms with van der Waals surface area (Å²) in [6.45, 7) is 0. The van der Waals surface area contributed by atoms with E-state index in [9.17, 15) is 4.79 Å². The van der Waals surface area contributed by atoms with Crippen LogP contribution in [0.5, 0.6) is 0 Å². The first-order valence-corrected chi connectivity index (χ1v) is 5.16. The van der Waals surface area contributed by atoms with Crippen molar-refractivity contribution in [1.82, 2.24) is 0 Å². The van der Waals surface area contributed by atoms with Crippen molar-refractivity contribution in [3.63, 3.8) is 0 Å². The molecule has 72 valence electrons. The molecule has 0 atom stereocenters. The Morgan fingerprint density at radius 1 is 1.43 bits per heavy atom. The molecule has 1 aromatic carbocycles. The van der Waals surface area contributed by atoms with Crippen LogP contribution in [0.1, 0.15) is 15.9 Å². The summed E-state index contributed by atoms with van der Waals surface area (Å²) in [6, 6.07) is 5.09. The molecule has 0 saturated heterocycles. The lowest BCUT2D eigenvalue weighted by Gasteiger charge is -2.04. The van der Waals surface area contributed by atoms with Crippen molar-refractivity contribution < 1.29 is 9.53 Å². The normalized spacial score (nSPS) is 9.29. The number of carbonyl (C=O) groups is 1. The zero-order valence-corrected chi connectivity index (χ0v) is 10.3. The molecule has 0 aliphatic carbocycles. The second kappa shape index (κ2) is 4.58. The molecule has 0 spiro atoms. The predicted octanol–water partition coefficient (Wildman–Crippen LogP) is 2.87. The topological polar surface area (TPSA) is 50.1 Å². The summed E-state index contributed by atoms with van der Waals surface area (Å²) in [4.78, 5) is 11.2. The minimum atomic E-state index is -0.443. The van der Waals surface area contributed by atoms with Crippen LogP contribution in [0, 0.1) is 11.3 Å². The first kappa shape index (κ1) is 11.2. The molecular weight excluding hydrogens is 314 g/mol. The molecule has 0 fully saturated rings. The quantitative estimate of drug-likeness (QED) is 0.748. The van der Waals surface area contributed by atoms with Gasteiger partial charge in [-0.1, -0.05) is 0 Å². The Morgan fingerprint density at radius 2 is 2.07 bits per heavy atom. The summed E-state index contributed by atoms with van der Waals surface area (Å²) in [5.41, 5.74) is 0.850. The number of carbonyl (C=O) groups excluding carboxylic acids is 1. The molecule has 5 heteroatoms. The molecular formula is C9H5Br2NO2. The number of benzene rings is 1. The average Bonchev–Trinajstić information content (AvgIpc) is 2.21. The summed E-state index contributed by atoms with van der Waals surface area (Å²) >= 11 is 6.43. The highest BCUT2D eigenvalue weighted by molar-refractivity contribution is 9.13. The lowest BCUT2D eigenvalue weighted by molar-refractivity contribution is 0.0599. The number of ether oxygens (including phenoxy) is 1. The van der Waals surface area contributed by atoms with Gasteiger partial charge in [0, 0.05) is 4.47 Å². The molecule has 0 aliphatic rings. The van der Waals surface area contributed by atoms with Crippen LogP contribution in [-0.4, -0.2) is 13.1 Å². The molecule has 0 N–H and O–H groups in total. The van der Waals surface area contributed by atoms with Gasteiger partial charge in [0.25, 0.3) is 0 Å². The van der Waals surface area contributed by atoms with E-state index in [-0.39, 0.29) is 0 Å².